The lowest BCUT2D eigenvalue weighted by Crippen LogP contribution is -2.17. The molecule has 20 heavy (non-hydrogen) atoms. The number of rotatable bonds is 6. The van der Waals surface area contributed by atoms with E-state index in [-0.39, 0.29) is 6.04 Å². The number of pyridine rings is 1. The van der Waals surface area contributed by atoms with Crippen LogP contribution in [0.2, 0.25) is 0 Å². The average Bonchev–Trinajstić information content (AvgIpc) is 2.89. The summed E-state index contributed by atoms with van der Waals surface area (Å²) in [5, 5.41) is 4.44. The van der Waals surface area contributed by atoms with Crippen molar-refractivity contribution < 1.29 is 4.74 Å². The fourth-order valence-corrected chi connectivity index (χ4v) is 2.71. The summed E-state index contributed by atoms with van der Waals surface area (Å²) >= 11 is 1.64. The lowest BCUT2D eigenvalue weighted by atomic mass is 10.1. The normalized spacial score (nSPS) is 12.2. The maximum Gasteiger partial charge on any atom is 0.230 e. The molecule has 0 bridgehead atoms. The highest BCUT2D eigenvalue weighted by Crippen LogP contribution is 2.30. The van der Waals surface area contributed by atoms with Gasteiger partial charge in [-0.05, 0) is 24.6 Å². The van der Waals surface area contributed by atoms with Crippen LogP contribution >= 0.6 is 11.3 Å². The monoisotopic (exact) mass is 292 g/mol. The largest absolute Gasteiger partial charge is 0.480 e. The molecule has 0 saturated heterocycles. The number of nitrogens with zero attached hydrogens (tertiary/aromatic N) is 3. The Morgan fingerprint density at radius 2 is 2.05 bits per heavy atom. The number of nitrogens with one attached hydrogen (secondary N) is 1. The van der Waals surface area contributed by atoms with Gasteiger partial charge < -0.3 is 15.0 Å². The molecule has 0 aliphatic heterocycles. The van der Waals surface area contributed by atoms with E-state index in [2.05, 4.69) is 22.2 Å². The number of anilines is 1. The molecule has 0 aliphatic rings. The molecule has 2 heterocycles. The molecule has 0 spiro atoms. The zero-order valence-electron chi connectivity index (χ0n) is 12.3. The predicted octanol–water partition coefficient (Wildman–Crippen LogP) is 2.46. The van der Waals surface area contributed by atoms with Crippen molar-refractivity contribution in [1.82, 2.24) is 15.3 Å². The molecule has 0 fully saturated rings. The molecule has 0 aliphatic carbocycles. The van der Waals surface area contributed by atoms with Crippen molar-refractivity contribution in [2.45, 2.75) is 19.5 Å². The summed E-state index contributed by atoms with van der Waals surface area (Å²) in [6, 6.07) is 4.30. The summed E-state index contributed by atoms with van der Waals surface area (Å²) in [6.07, 6.45) is 3.62. The predicted molar refractivity (Wildman–Crippen MR) is 82.5 cm³/mol. The molecule has 2 rings (SSSR count). The summed E-state index contributed by atoms with van der Waals surface area (Å²) in [7, 11) is 5.62. The average molecular weight is 292 g/mol. The fraction of sp³-hybridized carbons (Fsp3) is 0.429. The first-order valence-electron chi connectivity index (χ1n) is 6.46. The summed E-state index contributed by atoms with van der Waals surface area (Å²) in [4.78, 5) is 11.6. The van der Waals surface area contributed by atoms with Gasteiger partial charge >= 0.3 is 0 Å². The number of hydrogen-bond donors (Lipinski definition) is 1. The van der Waals surface area contributed by atoms with E-state index in [1.807, 2.05) is 43.5 Å². The Balaban J connectivity index is 2.03. The summed E-state index contributed by atoms with van der Waals surface area (Å²) in [5.41, 5.74) is 1.22. The van der Waals surface area contributed by atoms with E-state index < -0.39 is 0 Å². The number of hydrogen-bond acceptors (Lipinski definition) is 6. The maximum absolute atomic E-state index is 5.34. The number of ether oxygens (including phenoxy) is 1. The molecule has 0 unspecified atom stereocenters. The van der Waals surface area contributed by atoms with Crippen LogP contribution in [0, 0.1) is 0 Å². The van der Waals surface area contributed by atoms with E-state index in [0.29, 0.717) is 5.88 Å². The fourth-order valence-electron chi connectivity index (χ4n) is 1.80. The second kappa shape index (κ2) is 6.67. The number of thiazole rings is 1. The van der Waals surface area contributed by atoms with Crippen molar-refractivity contribution in [3.05, 3.63) is 35.0 Å². The zero-order valence-corrected chi connectivity index (χ0v) is 13.1. The van der Waals surface area contributed by atoms with Gasteiger partial charge in [0.1, 0.15) is 0 Å². The van der Waals surface area contributed by atoms with Crippen LogP contribution in [0.15, 0.2) is 24.5 Å². The summed E-state index contributed by atoms with van der Waals surface area (Å²) in [6.45, 7) is 2.87. The molecule has 1 atom stereocenters. The van der Waals surface area contributed by atoms with E-state index >= 15 is 0 Å². The molecule has 2 aromatic rings. The first-order valence-corrected chi connectivity index (χ1v) is 7.27. The third-order valence-corrected chi connectivity index (χ3v) is 4.21. The summed E-state index contributed by atoms with van der Waals surface area (Å²) < 4.78 is 5.34. The molecule has 108 valence electrons. The minimum atomic E-state index is 0.257. The minimum absolute atomic E-state index is 0.257. The Labute approximate surface area is 123 Å². The molecular weight excluding hydrogens is 272 g/mol. The van der Waals surface area contributed by atoms with E-state index in [1.165, 1.54) is 5.56 Å². The molecule has 0 radical (unpaired) electrons. The van der Waals surface area contributed by atoms with Crippen LogP contribution in [0.25, 0.3) is 0 Å². The number of aromatic nitrogens is 2. The molecule has 1 N–H and O–H groups in total. The van der Waals surface area contributed by atoms with E-state index in [0.717, 1.165) is 16.6 Å². The molecule has 0 amide bonds. The number of methoxy groups -OCH3 is 1. The smallest absolute Gasteiger partial charge is 0.230 e. The van der Waals surface area contributed by atoms with Gasteiger partial charge in [-0.25, -0.2) is 0 Å². The van der Waals surface area contributed by atoms with Gasteiger partial charge in [0.25, 0.3) is 0 Å². The molecule has 0 aromatic carbocycles. The van der Waals surface area contributed by atoms with Gasteiger partial charge in [-0.15, -0.1) is 0 Å². The van der Waals surface area contributed by atoms with Crippen LogP contribution < -0.4 is 15.0 Å². The molecule has 6 heteroatoms. The van der Waals surface area contributed by atoms with Crippen molar-refractivity contribution in [1.29, 1.82) is 0 Å². The zero-order chi connectivity index (χ0) is 14.5. The molecular formula is C14H20N4OS. The van der Waals surface area contributed by atoms with Crippen LogP contribution in [0.4, 0.5) is 5.13 Å². The van der Waals surface area contributed by atoms with Crippen LogP contribution in [0.1, 0.15) is 23.4 Å². The lowest BCUT2D eigenvalue weighted by molar-refractivity contribution is 0.393. The van der Waals surface area contributed by atoms with Gasteiger partial charge in [0.2, 0.25) is 5.88 Å². The van der Waals surface area contributed by atoms with Crippen molar-refractivity contribution in [3.8, 4) is 5.88 Å². The highest BCUT2D eigenvalue weighted by Gasteiger charge is 2.14. The highest BCUT2D eigenvalue weighted by molar-refractivity contribution is 7.15. The van der Waals surface area contributed by atoms with Crippen LogP contribution in [-0.2, 0) is 6.54 Å². The first-order chi connectivity index (χ1) is 9.61. The lowest BCUT2D eigenvalue weighted by Gasteiger charge is -2.13. The van der Waals surface area contributed by atoms with Crippen molar-refractivity contribution in [2.24, 2.45) is 0 Å². The Hall–Kier alpha value is -1.66. The Morgan fingerprint density at radius 3 is 2.65 bits per heavy atom. The third-order valence-electron chi connectivity index (χ3n) is 3.00. The van der Waals surface area contributed by atoms with Gasteiger partial charge in [-0.2, -0.15) is 4.98 Å². The van der Waals surface area contributed by atoms with Crippen LogP contribution in [0.3, 0.4) is 0 Å². The van der Waals surface area contributed by atoms with Gasteiger partial charge in [0, 0.05) is 39.1 Å². The van der Waals surface area contributed by atoms with Gasteiger partial charge in [-0.3, -0.25) is 4.98 Å². The van der Waals surface area contributed by atoms with E-state index in [1.54, 1.807) is 18.4 Å². The highest BCUT2D eigenvalue weighted by atomic mass is 32.1. The van der Waals surface area contributed by atoms with Gasteiger partial charge in [-0.1, -0.05) is 11.3 Å². The Morgan fingerprint density at radius 1 is 1.35 bits per heavy atom. The quantitative estimate of drug-likeness (QED) is 0.886. The third kappa shape index (κ3) is 3.46. The Bertz CT molecular complexity index is 541. The molecule has 0 saturated carbocycles. The minimum Gasteiger partial charge on any atom is -0.480 e. The summed E-state index contributed by atoms with van der Waals surface area (Å²) in [5.74, 6) is 0.702. The van der Waals surface area contributed by atoms with Crippen molar-refractivity contribution >= 4 is 16.5 Å². The van der Waals surface area contributed by atoms with Crippen LogP contribution in [-0.4, -0.2) is 31.2 Å². The second-order valence-corrected chi connectivity index (χ2v) is 5.77. The van der Waals surface area contributed by atoms with Gasteiger partial charge in [0.05, 0.1) is 12.0 Å². The van der Waals surface area contributed by atoms with E-state index in [9.17, 15) is 0 Å². The van der Waals surface area contributed by atoms with Crippen molar-refractivity contribution in [2.75, 3.05) is 26.1 Å². The second-order valence-electron chi connectivity index (χ2n) is 4.71. The standard InChI is InChI=1S/C14H20N4OS/c1-10(11-5-7-15-8-6-11)16-9-12-13(19-4)17-14(20-12)18(2)3/h5-8,10,16H,9H2,1-4H3/t10-/m0/s1. The molecule has 2 aromatic heterocycles. The topological polar surface area (TPSA) is 50.3 Å². The van der Waals surface area contributed by atoms with Gasteiger partial charge in [0.15, 0.2) is 5.13 Å². The van der Waals surface area contributed by atoms with E-state index in [4.69, 9.17) is 4.74 Å². The Kier molecular flexibility index (Phi) is 4.92. The molecule has 5 nitrogen and oxygen atoms in total. The van der Waals surface area contributed by atoms with Crippen LogP contribution in [0.5, 0.6) is 5.88 Å². The SMILES string of the molecule is COc1nc(N(C)C)sc1CN[C@@H](C)c1ccncc1. The van der Waals surface area contributed by atoms with Crippen molar-refractivity contribution in [3.63, 3.8) is 0 Å². The first kappa shape index (κ1) is 14.7. The maximum atomic E-state index is 5.34.